The van der Waals surface area contributed by atoms with Crippen LogP contribution in [0, 0.1) is 21.1 Å². The molecule has 0 unspecified atom stereocenters. The number of carbonyl (C=O) groups is 1. The molecule has 0 amide bonds. The number of aromatic nitrogens is 1. The van der Waals surface area contributed by atoms with E-state index >= 15 is 4.39 Å². The summed E-state index contributed by atoms with van der Waals surface area (Å²) in [5.41, 5.74) is 1.01. The zero-order chi connectivity index (χ0) is 25.1. The van der Waals surface area contributed by atoms with E-state index in [1.165, 1.54) is 48.6 Å². The van der Waals surface area contributed by atoms with Gasteiger partial charge in [-0.1, -0.05) is 6.08 Å². The van der Waals surface area contributed by atoms with Gasteiger partial charge in [-0.3, -0.25) is 14.9 Å². The normalized spacial score (nSPS) is 14.1. The fourth-order valence-electron chi connectivity index (χ4n) is 4.00. The Balaban J connectivity index is 1.72. The van der Waals surface area contributed by atoms with E-state index in [-0.39, 0.29) is 39.7 Å². The molecule has 0 radical (unpaired) electrons. The van der Waals surface area contributed by atoms with Gasteiger partial charge < -0.3 is 20.2 Å². The molecule has 1 saturated heterocycles. The van der Waals surface area contributed by atoms with Crippen molar-refractivity contribution in [2.75, 3.05) is 31.1 Å². The minimum atomic E-state index is -0.527. The molecule has 1 aromatic heterocycles. The van der Waals surface area contributed by atoms with Crippen molar-refractivity contribution in [3.8, 4) is 5.75 Å². The first-order valence-electron chi connectivity index (χ1n) is 11.2. The van der Waals surface area contributed by atoms with E-state index in [0.717, 1.165) is 6.20 Å². The van der Waals surface area contributed by atoms with Crippen molar-refractivity contribution < 1.29 is 23.6 Å². The van der Waals surface area contributed by atoms with Crippen molar-refractivity contribution in [2.45, 2.75) is 20.0 Å². The molecular weight excluding hydrogens is 455 g/mol. The van der Waals surface area contributed by atoms with Crippen molar-refractivity contribution >= 4 is 34.1 Å². The predicted octanol–water partition coefficient (Wildman–Crippen LogP) is 3.61. The van der Waals surface area contributed by atoms with Crippen LogP contribution in [0.15, 0.2) is 48.7 Å². The maximum atomic E-state index is 15.3. The second-order valence-electron chi connectivity index (χ2n) is 8.48. The summed E-state index contributed by atoms with van der Waals surface area (Å²) in [5.74, 6) is -0.832. The Bertz CT molecular complexity index is 1300. The van der Waals surface area contributed by atoms with E-state index in [2.05, 4.69) is 5.32 Å². The summed E-state index contributed by atoms with van der Waals surface area (Å²) in [6, 6.07) is 8.41. The van der Waals surface area contributed by atoms with Gasteiger partial charge in [0, 0.05) is 38.3 Å². The van der Waals surface area contributed by atoms with Crippen molar-refractivity contribution in [3.63, 3.8) is 0 Å². The van der Waals surface area contributed by atoms with Gasteiger partial charge in [-0.05, 0) is 49.8 Å². The third kappa shape index (κ3) is 5.22. The van der Waals surface area contributed by atoms with Gasteiger partial charge in [0.05, 0.1) is 22.0 Å². The Labute approximate surface area is 201 Å². The monoisotopic (exact) mass is 480 g/mol. The third-order valence-electron chi connectivity index (χ3n) is 5.60. The first-order valence-corrected chi connectivity index (χ1v) is 11.2. The highest BCUT2D eigenvalue weighted by Crippen LogP contribution is 2.38. The molecule has 0 aliphatic carbocycles. The molecule has 9 nitrogen and oxygen atoms in total. The molecular formula is C25H25FN4O5. The van der Waals surface area contributed by atoms with E-state index in [4.69, 9.17) is 4.74 Å². The molecule has 2 heterocycles. The summed E-state index contributed by atoms with van der Waals surface area (Å²) in [6.45, 7) is 6.11. The van der Waals surface area contributed by atoms with E-state index in [9.17, 15) is 20.1 Å². The molecule has 3 aromatic rings. The van der Waals surface area contributed by atoms with Crippen LogP contribution in [-0.4, -0.2) is 43.0 Å². The number of carbonyl (C=O) groups excluding carboxylic acids is 1. The number of hydrogen-bond acceptors (Lipinski definition) is 7. The SMILES string of the molecule is CC(C)Oc1c(N2CCNCC2)c(F)cc2cc(C(=O)C=Cc3ccc([N+](=O)[O-])cc3)c[n+]([O-])c12. The van der Waals surface area contributed by atoms with Crippen LogP contribution in [0.2, 0.25) is 0 Å². The highest BCUT2D eigenvalue weighted by molar-refractivity contribution is 6.08. The van der Waals surface area contributed by atoms with Crippen LogP contribution in [-0.2, 0) is 0 Å². The number of piperazine rings is 1. The van der Waals surface area contributed by atoms with Crippen LogP contribution in [0.3, 0.4) is 0 Å². The standard InChI is InChI=1S/C25H25FN4O5/c1-16(2)35-25-23-18(14-21(26)24(25)28-11-9-27-10-12-28)13-19(15-29(23)32)22(31)8-5-17-3-6-20(7-4-17)30(33)34/h3-8,13-16,27H,9-12H2,1-2H3. The van der Waals surface area contributed by atoms with Crippen LogP contribution in [0.5, 0.6) is 5.75 Å². The second kappa shape index (κ2) is 10.1. The highest BCUT2D eigenvalue weighted by atomic mass is 19.1. The minimum Gasteiger partial charge on any atom is -0.618 e. The van der Waals surface area contributed by atoms with Gasteiger partial charge in [-0.25, -0.2) is 4.39 Å². The predicted molar refractivity (Wildman–Crippen MR) is 130 cm³/mol. The fourth-order valence-corrected chi connectivity index (χ4v) is 4.00. The van der Waals surface area contributed by atoms with Crippen molar-refractivity contribution in [3.05, 3.63) is 80.9 Å². The van der Waals surface area contributed by atoms with Crippen LogP contribution < -0.4 is 19.7 Å². The fraction of sp³-hybridized carbons (Fsp3) is 0.280. The maximum absolute atomic E-state index is 15.3. The van der Waals surface area contributed by atoms with Crippen LogP contribution in [0.1, 0.15) is 29.8 Å². The molecule has 35 heavy (non-hydrogen) atoms. The summed E-state index contributed by atoms with van der Waals surface area (Å²) in [4.78, 5) is 24.9. The van der Waals surface area contributed by atoms with Gasteiger partial charge in [0.2, 0.25) is 5.75 Å². The number of nitrogens with one attached hydrogen (secondary N) is 1. The average molecular weight is 480 g/mol. The molecule has 4 rings (SSSR count). The highest BCUT2D eigenvalue weighted by Gasteiger charge is 2.28. The Hall–Kier alpha value is -4.05. The van der Waals surface area contributed by atoms with E-state index in [1.54, 1.807) is 13.8 Å². The molecule has 1 N–H and O–H groups in total. The average Bonchev–Trinajstić information content (AvgIpc) is 2.82. The molecule has 0 spiro atoms. The first-order chi connectivity index (χ1) is 16.7. The first kappa shape index (κ1) is 24.1. The van der Waals surface area contributed by atoms with Crippen molar-refractivity contribution in [1.29, 1.82) is 0 Å². The summed E-state index contributed by atoms with van der Waals surface area (Å²) in [5, 5.41) is 27.3. The number of halogens is 1. The number of non-ortho nitro benzene ring substituents is 1. The van der Waals surface area contributed by atoms with Gasteiger partial charge in [-0.15, -0.1) is 0 Å². The quantitative estimate of drug-likeness (QED) is 0.137. The second-order valence-corrected chi connectivity index (χ2v) is 8.48. The summed E-state index contributed by atoms with van der Waals surface area (Å²) >= 11 is 0. The van der Waals surface area contributed by atoms with E-state index in [0.29, 0.717) is 36.5 Å². The number of anilines is 1. The molecule has 10 heteroatoms. The number of rotatable bonds is 7. The Morgan fingerprint density at radius 3 is 2.54 bits per heavy atom. The number of nitrogens with zero attached hydrogens (tertiary/aromatic N) is 3. The number of ketones is 1. The number of pyridine rings is 1. The number of fused-ring (bicyclic) bond motifs is 1. The third-order valence-corrected chi connectivity index (χ3v) is 5.60. The summed E-state index contributed by atoms with van der Waals surface area (Å²) in [6.07, 6.45) is 3.61. The van der Waals surface area contributed by atoms with Crippen LogP contribution >= 0.6 is 0 Å². The zero-order valence-electron chi connectivity index (χ0n) is 19.4. The number of hydrogen-bond donors (Lipinski definition) is 1. The largest absolute Gasteiger partial charge is 0.618 e. The lowest BCUT2D eigenvalue weighted by atomic mass is 10.1. The molecule has 2 aromatic carbocycles. The van der Waals surface area contributed by atoms with E-state index in [1.807, 2.05) is 4.90 Å². The summed E-state index contributed by atoms with van der Waals surface area (Å²) in [7, 11) is 0. The molecule has 1 aliphatic heterocycles. The molecule has 1 aliphatic rings. The zero-order valence-corrected chi connectivity index (χ0v) is 19.4. The summed E-state index contributed by atoms with van der Waals surface area (Å²) < 4.78 is 21.8. The number of ether oxygens (including phenoxy) is 1. The van der Waals surface area contributed by atoms with Crippen molar-refractivity contribution in [2.24, 2.45) is 0 Å². The Morgan fingerprint density at radius 1 is 1.23 bits per heavy atom. The molecule has 1 fully saturated rings. The van der Waals surface area contributed by atoms with Gasteiger partial charge >= 0.3 is 0 Å². The maximum Gasteiger partial charge on any atom is 0.269 e. The smallest absolute Gasteiger partial charge is 0.269 e. The van der Waals surface area contributed by atoms with Gasteiger partial charge in [0.25, 0.3) is 11.2 Å². The van der Waals surface area contributed by atoms with Gasteiger partial charge in [0.1, 0.15) is 5.69 Å². The number of allylic oxidation sites excluding steroid dienone is 1. The molecule has 0 bridgehead atoms. The minimum absolute atomic E-state index is 0.0583. The van der Waals surface area contributed by atoms with Crippen molar-refractivity contribution in [1.82, 2.24) is 5.32 Å². The number of benzene rings is 2. The lowest BCUT2D eigenvalue weighted by Crippen LogP contribution is -2.44. The topological polar surface area (TPSA) is 112 Å². The molecule has 0 saturated carbocycles. The lowest BCUT2D eigenvalue weighted by Gasteiger charge is -2.31. The number of nitro groups is 1. The van der Waals surface area contributed by atoms with Gasteiger partial charge in [0.15, 0.2) is 17.8 Å². The molecule has 0 atom stereocenters. The van der Waals surface area contributed by atoms with E-state index < -0.39 is 16.5 Å². The van der Waals surface area contributed by atoms with Crippen LogP contribution in [0.4, 0.5) is 15.8 Å². The Morgan fingerprint density at radius 2 is 1.91 bits per heavy atom. The number of nitro benzene ring substituents is 1. The molecule has 182 valence electrons. The lowest BCUT2D eigenvalue weighted by molar-refractivity contribution is -0.577. The van der Waals surface area contributed by atoms with Gasteiger partial charge in [-0.2, -0.15) is 4.73 Å². The Kier molecular flexibility index (Phi) is 6.92. The van der Waals surface area contributed by atoms with Crippen LogP contribution in [0.25, 0.3) is 17.0 Å².